The Labute approximate surface area is 583 Å². The molecule has 536 valence electrons. The van der Waals surface area contributed by atoms with E-state index in [0.717, 1.165) is 148 Å². The smallest absolute Gasteiger partial charge is 0.462 e. The molecule has 0 spiro atoms. The third-order valence-electron chi connectivity index (χ3n) is 15.5. The van der Waals surface area contributed by atoms with Crippen molar-refractivity contribution in [1.29, 1.82) is 0 Å². The Morgan fingerprint density at radius 1 is 0.316 bits per heavy atom. The summed E-state index contributed by atoms with van der Waals surface area (Å²) < 4.78 is 33.2. The van der Waals surface area contributed by atoms with Crippen LogP contribution >= 0.6 is 7.82 Å². The van der Waals surface area contributed by atoms with E-state index >= 15 is 0 Å². The average Bonchev–Trinajstić information content (AvgIpc) is 3.32. The molecule has 0 fully saturated rings. The average molecular weight is 1330 g/mol. The minimum atomic E-state index is -4.42. The monoisotopic (exact) mass is 1330 g/mol. The van der Waals surface area contributed by atoms with Gasteiger partial charge in [-0.05, 0) is 141 Å². The second kappa shape index (κ2) is 77.9. The van der Waals surface area contributed by atoms with Crippen LogP contribution in [-0.2, 0) is 32.7 Å². The first-order valence-corrected chi connectivity index (χ1v) is 39.4. The van der Waals surface area contributed by atoms with Crippen LogP contribution in [0.2, 0.25) is 0 Å². The number of carbonyl (C=O) groups excluding carboxylic acids is 2. The summed E-state index contributed by atoms with van der Waals surface area (Å²) in [7, 11) is -4.42. The van der Waals surface area contributed by atoms with Crippen molar-refractivity contribution in [3.63, 3.8) is 0 Å². The molecule has 0 aliphatic heterocycles. The number of esters is 2. The first kappa shape index (κ1) is 89.8. The number of hydrogen-bond acceptors (Lipinski definition) is 8. The maximum atomic E-state index is 12.8. The van der Waals surface area contributed by atoms with Crippen molar-refractivity contribution >= 4 is 19.8 Å². The zero-order valence-electron chi connectivity index (χ0n) is 60.3. The lowest BCUT2D eigenvalue weighted by Gasteiger charge is -2.19. The third kappa shape index (κ3) is 77.7. The summed E-state index contributed by atoms with van der Waals surface area (Å²) in [5.41, 5.74) is 5.41. The quantitative estimate of drug-likeness (QED) is 0.0264. The molecule has 0 saturated carbocycles. The minimum absolute atomic E-state index is 0.0405. The molecule has 0 aromatic rings. The number of ether oxygens (including phenoxy) is 2. The summed E-state index contributed by atoms with van der Waals surface area (Å²) in [5, 5.41) is 0. The Hall–Kier alpha value is -5.15. The van der Waals surface area contributed by atoms with Crippen LogP contribution in [0.25, 0.3) is 0 Å². The summed E-state index contributed by atoms with van der Waals surface area (Å²) in [6, 6.07) is 0. The number of hydrogen-bond donors (Lipinski definition) is 2. The molecular weight excluding hydrogens is 1190 g/mol. The molecule has 2 unspecified atom stereocenters. The van der Waals surface area contributed by atoms with Gasteiger partial charge in [0, 0.05) is 19.4 Å². The molecule has 0 rings (SSSR count). The van der Waals surface area contributed by atoms with Crippen LogP contribution in [0.3, 0.4) is 0 Å². The minimum Gasteiger partial charge on any atom is -0.462 e. The van der Waals surface area contributed by atoms with Gasteiger partial charge in [-0.25, -0.2) is 4.57 Å². The van der Waals surface area contributed by atoms with Crippen molar-refractivity contribution in [2.75, 3.05) is 26.4 Å². The topological polar surface area (TPSA) is 134 Å². The van der Waals surface area contributed by atoms with Crippen LogP contribution in [0.4, 0.5) is 0 Å². The van der Waals surface area contributed by atoms with E-state index < -0.39 is 32.5 Å². The van der Waals surface area contributed by atoms with Gasteiger partial charge in [0.05, 0.1) is 13.2 Å². The molecular formula is C85H138NO8P. The van der Waals surface area contributed by atoms with E-state index in [9.17, 15) is 19.0 Å². The molecule has 9 nitrogen and oxygen atoms in total. The fourth-order valence-corrected chi connectivity index (χ4v) is 10.7. The summed E-state index contributed by atoms with van der Waals surface area (Å²) in [5.74, 6) is -0.861. The van der Waals surface area contributed by atoms with E-state index in [1.54, 1.807) is 0 Å². The Morgan fingerprint density at radius 2 is 0.547 bits per heavy atom. The van der Waals surface area contributed by atoms with Gasteiger partial charge in [-0.1, -0.05) is 337 Å². The highest BCUT2D eigenvalue weighted by Crippen LogP contribution is 2.43. The molecule has 0 bridgehead atoms. The highest BCUT2D eigenvalue weighted by Gasteiger charge is 2.26. The van der Waals surface area contributed by atoms with E-state index in [4.69, 9.17) is 24.3 Å². The Kier molecular flexibility index (Phi) is 73.6. The van der Waals surface area contributed by atoms with Gasteiger partial charge in [-0.15, -0.1) is 0 Å². The van der Waals surface area contributed by atoms with E-state index in [1.807, 2.05) is 0 Å². The van der Waals surface area contributed by atoms with Crippen LogP contribution in [0.5, 0.6) is 0 Å². The van der Waals surface area contributed by atoms with Crippen molar-refractivity contribution in [3.05, 3.63) is 194 Å². The Bertz CT molecular complexity index is 2270. The number of unbranched alkanes of at least 4 members (excludes halogenated alkanes) is 24. The Balaban J connectivity index is 3.94. The van der Waals surface area contributed by atoms with Gasteiger partial charge in [0.2, 0.25) is 0 Å². The summed E-state index contributed by atoms with van der Waals surface area (Å²) in [6.45, 7) is 3.49. The van der Waals surface area contributed by atoms with Crippen LogP contribution in [0, 0.1) is 0 Å². The second-order valence-electron chi connectivity index (χ2n) is 24.4. The first-order valence-electron chi connectivity index (χ1n) is 37.9. The molecule has 0 amide bonds. The summed E-state index contributed by atoms with van der Waals surface area (Å²) in [6.07, 6.45) is 118. The van der Waals surface area contributed by atoms with Crippen molar-refractivity contribution in [1.82, 2.24) is 0 Å². The fraction of sp³-hybridized carbons (Fsp3) is 0.600. The van der Waals surface area contributed by atoms with Gasteiger partial charge in [-0.2, -0.15) is 0 Å². The van der Waals surface area contributed by atoms with Gasteiger partial charge >= 0.3 is 19.8 Å². The number of phosphoric ester groups is 1. The van der Waals surface area contributed by atoms with Gasteiger partial charge in [0.1, 0.15) is 6.61 Å². The lowest BCUT2D eigenvalue weighted by molar-refractivity contribution is -0.161. The Morgan fingerprint density at radius 3 is 0.811 bits per heavy atom. The first-order chi connectivity index (χ1) is 46.8. The van der Waals surface area contributed by atoms with Crippen molar-refractivity contribution < 1.29 is 37.6 Å². The molecule has 0 aliphatic rings. The molecule has 0 aromatic carbocycles. The predicted octanol–water partition coefficient (Wildman–Crippen LogP) is 25.6. The highest BCUT2D eigenvalue weighted by atomic mass is 31.2. The van der Waals surface area contributed by atoms with Gasteiger partial charge in [0.25, 0.3) is 0 Å². The molecule has 95 heavy (non-hydrogen) atoms. The molecule has 0 aliphatic carbocycles. The molecule has 0 saturated heterocycles. The molecule has 2 atom stereocenters. The van der Waals surface area contributed by atoms with Crippen LogP contribution < -0.4 is 5.73 Å². The lowest BCUT2D eigenvalue weighted by atomic mass is 10.0. The molecule has 0 radical (unpaired) electrons. The number of allylic oxidation sites excluding steroid dienone is 32. The zero-order chi connectivity index (χ0) is 68.6. The largest absolute Gasteiger partial charge is 0.472 e. The van der Waals surface area contributed by atoms with Crippen LogP contribution in [0.1, 0.15) is 296 Å². The standard InChI is InChI=1S/C85H138NO8P/c1-3-5-7-9-11-13-15-17-19-21-23-25-27-29-31-33-35-37-39-40-41-42-44-45-47-49-51-53-55-57-59-61-63-65-67-69-71-73-75-77-84(87)91-81-83(82-93-95(89,90)92-80-79-86)94-85(88)78-76-74-72-70-68-66-64-62-60-58-56-54-52-50-48-46-43-38-36-34-32-30-28-26-24-22-20-18-16-14-12-10-8-6-4-2/h5-8,11-14,17-20,23-26,29-32,35-38,46,48,52,54,58,60,64,66,83H,3-4,9-10,15-16,21-22,27-28,33-34,39-45,47,49-51,53,55-57,59,61-63,65,67-82,86H2,1-2H3,(H,89,90)/b7-5-,8-6-,13-11-,14-12-,19-17-,20-18-,25-23-,26-24-,31-29-,32-30-,37-35-,38-36-,48-46-,54-52-,60-58-,66-64-. The van der Waals surface area contributed by atoms with Crippen LogP contribution in [0.15, 0.2) is 194 Å². The molecule has 0 heterocycles. The predicted molar refractivity (Wildman–Crippen MR) is 412 cm³/mol. The van der Waals surface area contributed by atoms with Gasteiger partial charge in [0.15, 0.2) is 6.10 Å². The maximum Gasteiger partial charge on any atom is 0.472 e. The molecule has 10 heteroatoms. The number of rotatable bonds is 69. The third-order valence-corrected chi connectivity index (χ3v) is 16.5. The maximum absolute atomic E-state index is 12.8. The summed E-state index contributed by atoms with van der Waals surface area (Å²) in [4.78, 5) is 35.4. The normalized spacial score (nSPS) is 14.0. The lowest BCUT2D eigenvalue weighted by Crippen LogP contribution is -2.29. The zero-order valence-corrected chi connectivity index (χ0v) is 61.2. The van der Waals surface area contributed by atoms with E-state index in [-0.39, 0.29) is 32.6 Å². The van der Waals surface area contributed by atoms with E-state index in [0.29, 0.717) is 6.42 Å². The second-order valence-corrected chi connectivity index (χ2v) is 25.9. The number of nitrogens with two attached hydrogens (primary N) is 1. The number of carbonyl (C=O) groups is 2. The van der Waals surface area contributed by atoms with Crippen molar-refractivity contribution in [2.24, 2.45) is 5.73 Å². The van der Waals surface area contributed by atoms with E-state index in [2.05, 4.69) is 208 Å². The van der Waals surface area contributed by atoms with Gasteiger partial charge < -0.3 is 20.1 Å². The van der Waals surface area contributed by atoms with Crippen molar-refractivity contribution in [3.8, 4) is 0 Å². The SMILES string of the molecule is CC/C=C\C/C=C\C/C=C\C/C=C\C/C=C\C/C=C\C/C=C\C/C=C\C/C=C\C/C=C\CCCCCCC(=O)OC(COC(=O)CCCCCCCCCCCCCCCCCCCCCC/C=C\C/C=C\C/C=C\C/C=C\C/C=C\C/C=C\CC)COP(=O)(O)OCCN. The molecule has 3 N–H and O–H groups in total. The summed E-state index contributed by atoms with van der Waals surface area (Å²) >= 11 is 0. The van der Waals surface area contributed by atoms with Crippen molar-refractivity contribution in [2.45, 2.75) is 302 Å². The fourth-order valence-electron chi connectivity index (χ4n) is 9.96. The van der Waals surface area contributed by atoms with Crippen LogP contribution in [-0.4, -0.2) is 49.3 Å². The number of phosphoric acid groups is 1. The van der Waals surface area contributed by atoms with E-state index in [1.165, 1.54) is 116 Å². The molecule has 0 aromatic heterocycles. The van der Waals surface area contributed by atoms with Gasteiger partial charge in [-0.3, -0.25) is 18.6 Å². The highest BCUT2D eigenvalue weighted by molar-refractivity contribution is 7.47.